The molecular weight excluding hydrogens is 284 g/mol. The van der Waals surface area contributed by atoms with Gasteiger partial charge in [-0.25, -0.2) is 4.98 Å². The first-order valence-electron chi connectivity index (χ1n) is 7.30. The number of hydrogen-bond acceptors (Lipinski definition) is 2. The van der Waals surface area contributed by atoms with Crippen LogP contribution in [0.25, 0.3) is 11.0 Å². The second kappa shape index (κ2) is 5.94. The van der Waals surface area contributed by atoms with E-state index in [1.54, 1.807) is 6.26 Å². The van der Waals surface area contributed by atoms with Crippen LogP contribution in [0.3, 0.4) is 0 Å². The molecule has 0 aliphatic rings. The predicted molar refractivity (Wildman–Crippen MR) is 85.7 cm³/mol. The van der Waals surface area contributed by atoms with Crippen molar-refractivity contribution < 1.29 is 4.42 Å². The highest BCUT2D eigenvalue weighted by molar-refractivity contribution is 6.20. The Hall–Kier alpha value is -1.74. The summed E-state index contributed by atoms with van der Waals surface area (Å²) in [6.07, 6.45) is 3.63. The van der Waals surface area contributed by atoms with Gasteiger partial charge in [-0.15, -0.1) is 11.6 Å². The van der Waals surface area contributed by atoms with E-state index in [2.05, 4.69) is 22.5 Å². The number of imidazole rings is 1. The molecule has 2 unspecified atom stereocenters. The average Bonchev–Trinajstić information content (AvgIpc) is 3.11. The first kappa shape index (κ1) is 14.2. The number of benzene rings is 1. The summed E-state index contributed by atoms with van der Waals surface area (Å²) < 4.78 is 7.68. The summed E-state index contributed by atoms with van der Waals surface area (Å²) >= 11 is 6.32. The normalized spacial score (nSPS) is 14.4. The van der Waals surface area contributed by atoms with Crippen molar-refractivity contribution in [2.75, 3.05) is 0 Å². The first-order chi connectivity index (χ1) is 10.2. The maximum absolute atomic E-state index is 6.32. The molecule has 2 heterocycles. The van der Waals surface area contributed by atoms with Crippen LogP contribution in [0, 0.1) is 0 Å². The van der Waals surface area contributed by atoms with Crippen LogP contribution in [0.5, 0.6) is 0 Å². The van der Waals surface area contributed by atoms with Gasteiger partial charge in [-0.3, -0.25) is 0 Å². The van der Waals surface area contributed by atoms with E-state index in [0.29, 0.717) is 6.04 Å². The van der Waals surface area contributed by atoms with Crippen LogP contribution in [0.15, 0.2) is 47.1 Å². The van der Waals surface area contributed by atoms with Crippen molar-refractivity contribution in [1.29, 1.82) is 0 Å². The molecule has 0 aliphatic carbocycles. The van der Waals surface area contributed by atoms with Crippen molar-refractivity contribution in [3.8, 4) is 0 Å². The third-order valence-electron chi connectivity index (χ3n) is 3.81. The van der Waals surface area contributed by atoms with Crippen molar-refractivity contribution in [3.63, 3.8) is 0 Å². The van der Waals surface area contributed by atoms with E-state index >= 15 is 0 Å². The molecule has 0 amide bonds. The van der Waals surface area contributed by atoms with Gasteiger partial charge in [0.05, 0.1) is 22.7 Å². The molecule has 3 nitrogen and oxygen atoms in total. The lowest BCUT2D eigenvalue weighted by molar-refractivity contribution is 0.450. The Morgan fingerprint density at radius 1 is 1.19 bits per heavy atom. The lowest BCUT2D eigenvalue weighted by Gasteiger charge is -2.18. The van der Waals surface area contributed by atoms with E-state index in [-0.39, 0.29) is 5.38 Å². The lowest BCUT2D eigenvalue weighted by Crippen LogP contribution is -2.10. The van der Waals surface area contributed by atoms with Crippen LogP contribution in [-0.4, -0.2) is 9.55 Å². The SMILES string of the molecule is CC(Cl)c1nc2ccccc2n1C(C)CCc1ccco1. The fourth-order valence-electron chi connectivity index (χ4n) is 2.74. The predicted octanol–water partition coefficient (Wildman–Crippen LogP) is 5.12. The van der Waals surface area contributed by atoms with Gasteiger partial charge in [0, 0.05) is 12.5 Å². The Balaban J connectivity index is 1.92. The minimum absolute atomic E-state index is 0.108. The van der Waals surface area contributed by atoms with Crippen molar-refractivity contribution in [2.24, 2.45) is 0 Å². The number of nitrogens with zero attached hydrogens (tertiary/aromatic N) is 2. The van der Waals surface area contributed by atoms with Crippen molar-refractivity contribution in [1.82, 2.24) is 9.55 Å². The topological polar surface area (TPSA) is 31.0 Å². The van der Waals surface area contributed by atoms with Gasteiger partial charge in [-0.2, -0.15) is 0 Å². The molecule has 3 rings (SSSR count). The third kappa shape index (κ3) is 2.84. The van der Waals surface area contributed by atoms with Crippen LogP contribution in [0.4, 0.5) is 0 Å². The maximum atomic E-state index is 6.32. The smallest absolute Gasteiger partial charge is 0.127 e. The van der Waals surface area contributed by atoms with Crippen LogP contribution >= 0.6 is 11.6 Å². The molecule has 0 saturated heterocycles. The van der Waals surface area contributed by atoms with E-state index in [9.17, 15) is 0 Å². The summed E-state index contributed by atoms with van der Waals surface area (Å²) in [5, 5.41) is -0.108. The van der Waals surface area contributed by atoms with Gasteiger partial charge in [0.15, 0.2) is 0 Å². The van der Waals surface area contributed by atoms with Gasteiger partial charge < -0.3 is 8.98 Å². The Kier molecular flexibility index (Phi) is 4.02. The molecule has 2 atom stereocenters. The zero-order chi connectivity index (χ0) is 14.8. The molecule has 0 aliphatic heterocycles. The summed E-state index contributed by atoms with van der Waals surface area (Å²) in [5.41, 5.74) is 2.15. The molecule has 2 aromatic heterocycles. The first-order valence-corrected chi connectivity index (χ1v) is 7.73. The Morgan fingerprint density at radius 2 is 2.00 bits per heavy atom. The molecule has 4 heteroatoms. The van der Waals surface area contributed by atoms with E-state index < -0.39 is 0 Å². The molecule has 21 heavy (non-hydrogen) atoms. The molecule has 0 bridgehead atoms. The largest absolute Gasteiger partial charge is 0.469 e. The van der Waals surface area contributed by atoms with E-state index in [0.717, 1.165) is 35.5 Å². The molecular formula is C17H19ClN2O. The summed E-state index contributed by atoms with van der Waals surface area (Å²) in [6.45, 7) is 4.18. The van der Waals surface area contributed by atoms with Crippen molar-refractivity contribution >= 4 is 22.6 Å². The Bertz CT molecular complexity index is 716. The van der Waals surface area contributed by atoms with Crippen LogP contribution < -0.4 is 0 Å². The minimum atomic E-state index is -0.108. The molecule has 1 aromatic carbocycles. The van der Waals surface area contributed by atoms with Gasteiger partial charge in [0.1, 0.15) is 11.6 Å². The number of halogens is 1. The molecule has 0 fully saturated rings. The average molecular weight is 303 g/mol. The Morgan fingerprint density at radius 3 is 2.71 bits per heavy atom. The number of rotatable bonds is 5. The summed E-state index contributed by atoms with van der Waals surface area (Å²) in [7, 11) is 0. The highest BCUT2D eigenvalue weighted by Crippen LogP contribution is 2.29. The van der Waals surface area contributed by atoms with Gasteiger partial charge in [-0.05, 0) is 44.5 Å². The second-order valence-corrected chi connectivity index (χ2v) is 6.07. The second-order valence-electron chi connectivity index (χ2n) is 5.41. The van der Waals surface area contributed by atoms with Crippen LogP contribution in [-0.2, 0) is 6.42 Å². The number of aromatic nitrogens is 2. The number of alkyl halides is 1. The summed E-state index contributed by atoms with van der Waals surface area (Å²) in [6, 6.07) is 12.5. The number of fused-ring (bicyclic) bond motifs is 1. The third-order valence-corrected chi connectivity index (χ3v) is 4.00. The zero-order valence-corrected chi connectivity index (χ0v) is 13.0. The quantitative estimate of drug-likeness (QED) is 0.612. The molecule has 110 valence electrons. The molecule has 0 radical (unpaired) electrons. The van der Waals surface area contributed by atoms with Crippen LogP contribution in [0.2, 0.25) is 0 Å². The lowest BCUT2D eigenvalue weighted by atomic mass is 10.1. The fraction of sp³-hybridized carbons (Fsp3) is 0.353. The highest BCUT2D eigenvalue weighted by atomic mass is 35.5. The number of para-hydroxylation sites is 2. The standard InChI is InChI=1S/C17H19ClN2O/c1-12(9-10-14-6-5-11-21-14)20-16-8-4-3-7-15(16)19-17(20)13(2)18/h3-8,11-13H,9-10H2,1-2H3. The van der Waals surface area contributed by atoms with Gasteiger partial charge >= 0.3 is 0 Å². The van der Waals surface area contributed by atoms with E-state index in [1.165, 1.54) is 0 Å². The zero-order valence-electron chi connectivity index (χ0n) is 12.3. The molecule has 0 saturated carbocycles. The summed E-state index contributed by atoms with van der Waals surface area (Å²) in [5.74, 6) is 1.96. The van der Waals surface area contributed by atoms with Crippen molar-refractivity contribution in [3.05, 3.63) is 54.2 Å². The highest BCUT2D eigenvalue weighted by Gasteiger charge is 2.18. The number of aryl methyl sites for hydroxylation is 1. The molecule has 0 N–H and O–H groups in total. The minimum Gasteiger partial charge on any atom is -0.469 e. The maximum Gasteiger partial charge on any atom is 0.127 e. The number of hydrogen-bond donors (Lipinski definition) is 0. The van der Waals surface area contributed by atoms with Gasteiger partial charge in [0.2, 0.25) is 0 Å². The monoisotopic (exact) mass is 302 g/mol. The van der Waals surface area contributed by atoms with E-state index in [1.807, 2.05) is 37.3 Å². The van der Waals surface area contributed by atoms with Gasteiger partial charge in [-0.1, -0.05) is 12.1 Å². The summed E-state index contributed by atoms with van der Waals surface area (Å²) in [4.78, 5) is 4.69. The molecule has 3 aromatic rings. The molecule has 0 spiro atoms. The number of furan rings is 1. The fourth-order valence-corrected chi connectivity index (χ4v) is 2.90. The van der Waals surface area contributed by atoms with Gasteiger partial charge in [0.25, 0.3) is 0 Å². The van der Waals surface area contributed by atoms with Crippen LogP contribution in [0.1, 0.15) is 43.3 Å². The van der Waals surface area contributed by atoms with Crippen molar-refractivity contribution in [2.45, 2.75) is 38.1 Å². The van der Waals surface area contributed by atoms with E-state index in [4.69, 9.17) is 16.0 Å². The Labute approximate surface area is 129 Å².